The zero-order valence-electron chi connectivity index (χ0n) is 15.2. The van der Waals surface area contributed by atoms with E-state index in [4.69, 9.17) is 19.5 Å². The van der Waals surface area contributed by atoms with Crippen molar-refractivity contribution in [2.75, 3.05) is 13.2 Å². The highest BCUT2D eigenvalue weighted by Crippen LogP contribution is 2.26. The maximum Gasteiger partial charge on any atom is 0.236 e. The standard InChI is InChI=1S/C23H19N3O2/c1-3-8-16(9-4-1)20-14-27-22(25-20)18-12-7-13-19(24-18)23-26-21(15-28-23)17-10-5-2-6-11-17/h1-13,20-21H,14-15H2/t20-,21?/m1/s1. The van der Waals surface area contributed by atoms with Gasteiger partial charge in [-0.25, -0.2) is 15.0 Å². The molecule has 5 rings (SSSR count). The van der Waals surface area contributed by atoms with Crippen molar-refractivity contribution in [3.8, 4) is 0 Å². The van der Waals surface area contributed by atoms with E-state index >= 15 is 0 Å². The molecule has 2 aliphatic rings. The Bertz CT molecular complexity index is 951. The third kappa shape index (κ3) is 3.27. The van der Waals surface area contributed by atoms with Crippen LogP contribution in [0.1, 0.15) is 34.6 Å². The number of rotatable bonds is 4. The van der Waals surface area contributed by atoms with Crippen LogP contribution in [0.4, 0.5) is 0 Å². The molecule has 0 aliphatic carbocycles. The van der Waals surface area contributed by atoms with Crippen molar-refractivity contribution < 1.29 is 9.47 Å². The first-order chi connectivity index (χ1) is 13.9. The summed E-state index contributed by atoms with van der Waals surface area (Å²) in [6, 6.07) is 26.1. The monoisotopic (exact) mass is 369 g/mol. The van der Waals surface area contributed by atoms with Crippen LogP contribution in [0.2, 0.25) is 0 Å². The van der Waals surface area contributed by atoms with Crippen LogP contribution < -0.4 is 0 Å². The molecule has 1 aromatic heterocycles. The summed E-state index contributed by atoms with van der Waals surface area (Å²) in [5.74, 6) is 1.13. The van der Waals surface area contributed by atoms with Gasteiger partial charge in [0.25, 0.3) is 0 Å². The van der Waals surface area contributed by atoms with E-state index in [0.29, 0.717) is 36.4 Å². The molecule has 1 unspecified atom stereocenters. The number of aliphatic imine (C=N–C) groups is 2. The molecule has 0 saturated carbocycles. The van der Waals surface area contributed by atoms with Gasteiger partial charge < -0.3 is 9.47 Å². The largest absolute Gasteiger partial charge is 0.474 e. The third-order valence-electron chi connectivity index (χ3n) is 4.86. The summed E-state index contributed by atoms with van der Waals surface area (Å²) >= 11 is 0. The summed E-state index contributed by atoms with van der Waals surface area (Å²) in [5.41, 5.74) is 3.68. The normalized spacial score (nSPS) is 20.9. The lowest BCUT2D eigenvalue weighted by Gasteiger charge is -2.04. The Labute approximate surface area is 163 Å². The molecule has 0 fully saturated rings. The van der Waals surface area contributed by atoms with Gasteiger partial charge in [0.2, 0.25) is 11.8 Å². The maximum atomic E-state index is 5.82. The number of benzene rings is 2. The Kier molecular flexibility index (Phi) is 4.33. The smallest absolute Gasteiger partial charge is 0.236 e. The molecule has 2 aliphatic heterocycles. The Morgan fingerprint density at radius 3 is 1.50 bits per heavy atom. The van der Waals surface area contributed by atoms with Gasteiger partial charge in [0.15, 0.2) is 0 Å². The van der Waals surface area contributed by atoms with Crippen LogP contribution in [0, 0.1) is 0 Å². The van der Waals surface area contributed by atoms with Crippen LogP contribution in [0.25, 0.3) is 0 Å². The molecule has 28 heavy (non-hydrogen) atoms. The van der Waals surface area contributed by atoms with Gasteiger partial charge in [-0.05, 0) is 23.3 Å². The van der Waals surface area contributed by atoms with Crippen molar-refractivity contribution in [1.29, 1.82) is 0 Å². The summed E-state index contributed by atoms with van der Waals surface area (Å²) in [6.45, 7) is 1.05. The van der Waals surface area contributed by atoms with Gasteiger partial charge in [0, 0.05) is 0 Å². The van der Waals surface area contributed by atoms with Crippen molar-refractivity contribution in [1.82, 2.24) is 4.98 Å². The Morgan fingerprint density at radius 1 is 0.571 bits per heavy atom. The highest BCUT2D eigenvalue weighted by atomic mass is 16.5. The first-order valence-corrected chi connectivity index (χ1v) is 9.36. The molecule has 2 aromatic carbocycles. The predicted molar refractivity (Wildman–Crippen MR) is 108 cm³/mol. The summed E-state index contributed by atoms with van der Waals surface area (Å²) in [6.07, 6.45) is 0. The number of hydrogen-bond donors (Lipinski definition) is 0. The minimum absolute atomic E-state index is 0.00388. The average Bonchev–Trinajstić information content (AvgIpc) is 3.46. The number of nitrogens with zero attached hydrogens (tertiary/aromatic N) is 3. The van der Waals surface area contributed by atoms with E-state index in [1.54, 1.807) is 0 Å². The molecule has 3 heterocycles. The van der Waals surface area contributed by atoms with E-state index in [1.807, 2.05) is 54.6 Å². The minimum atomic E-state index is 0.00388. The van der Waals surface area contributed by atoms with E-state index in [9.17, 15) is 0 Å². The van der Waals surface area contributed by atoms with Gasteiger partial charge >= 0.3 is 0 Å². The second-order valence-electron chi connectivity index (χ2n) is 6.75. The molecule has 5 heteroatoms. The average molecular weight is 369 g/mol. The van der Waals surface area contributed by atoms with Gasteiger partial charge in [-0.3, -0.25) is 0 Å². The fraction of sp³-hybridized carbons (Fsp3) is 0.174. The van der Waals surface area contributed by atoms with Crippen molar-refractivity contribution in [2.24, 2.45) is 9.98 Å². The molecular weight excluding hydrogens is 350 g/mol. The van der Waals surface area contributed by atoms with Crippen molar-refractivity contribution in [3.63, 3.8) is 0 Å². The molecule has 0 amide bonds. The van der Waals surface area contributed by atoms with Crippen LogP contribution in [-0.2, 0) is 9.47 Å². The number of pyridine rings is 1. The lowest BCUT2D eigenvalue weighted by Crippen LogP contribution is -2.09. The molecule has 0 radical (unpaired) electrons. The molecule has 3 aromatic rings. The second kappa shape index (κ2) is 7.27. The summed E-state index contributed by atoms with van der Waals surface area (Å²) in [4.78, 5) is 14.1. The summed E-state index contributed by atoms with van der Waals surface area (Å²) in [7, 11) is 0. The van der Waals surface area contributed by atoms with Gasteiger partial charge in [0.1, 0.15) is 36.7 Å². The second-order valence-corrected chi connectivity index (χ2v) is 6.75. The molecule has 0 saturated heterocycles. The van der Waals surface area contributed by atoms with E-state index in [0.717, 1.165) is 11.1 Å². The van der Waals surface area contributed by atoms with Gasteiger partial charge in [-0.1, -0.05) is 66.7 Å². The van der Waals surface area contributed by atoms with E-state index in [1.165, 1.54) is 0 Å². The first-order valence-electron chi connectivity index (χ1n) is 9.36. The number of aromatic nitrogens is 1. The van der Waals surface area contributed by atoms with Crippen LogP contribution >= 0.6 is 0 Å². The summed E-state index contributed by atoms with van der Waals surface area (Å²) in [5, 5.41) is 0. The van der Waals surface area contributed by atoms with Crippen molar-refractivity contribution in [2.45, 2.75) is 12.1 Å². The molecule has 5 nitrogen and oxygen atoms in total. The zero-order valence-corrected chi connectivity index (χ0v) is 15.2. The lowest BCUT2D eigenvalue weighted by molar-refractivity contribution is 0.317. The molecular formula is C23H19N3O2. The lowest BCUT2D eigenvalue weighted by atomic mass is 10.1. The molecule has 0 bridgehead atoms. The highest BCUT2D eigenvalue weighted by molar-refractivity contribution is 5.97. The van der Waals surface area contributed by atoms with Gasteiger partial charge in [-0.15, -0.1) is 0 Å². The molecule has 138 valence electrons. The fourth-order valence-electron chi connectivity index (χ4n) is 3.39. The molecule has 0 spiro atoms. The molecule has 0 N–H and O–H groups in total. The Balaban J connectivity index is 1.39. The topological polar surface area (TPSA) is 56.1 Å². The van der Waals surface area contributed by atoms with Crippen LogP contribution in [0.15, 0.2) is 88.8 Å². The first kappa shape index (κ1) is 16.7. The Morgan fingerprint density at radius 2 is 1.04 bits per heavy atom. The predicted octanol–water partition coefficient (Wildman–Crippen LogP) is 4.12. The van der Waals surface area contributed by atoms with E-state index < -0.39 is 0 Å². The fourth-order valence-corrected chi connectivity index (χ4v) is 3.39. The zero-order chi connectivity index (χ0) is 18.8. The van der Waals surface area contributed by atoms with E-state index in [2.05, 4.69) is 29.2 Å². The number of ether oxygens (including phenoxy) is 2. The van der Waals surface area contributed by atoms with Gasteiger partial charge in [0.05, 0.1) is 0 Å². The van der Waals surface area contributed by atoms with Crippen LogP contribution in [0.5, 0.6) is 0 Å². The van der Waals surface area contributed by atoms with Gasteiger partial charge in [-0.2, -0.15) is 0 Å². The molecule has 2 atom stereocenters. The van der Waals surface area contributed by atoms with Crippen molar-refractivity contribution in [3.05, 3.63) is 101 Å². The van der Waals surface area contributed by atoms with Crippen molar-refractivity contribution >= 4 is 11.8 Å². The summed E-state index contributed by atoms with van der Waals surface area (Å²) < 4.78 is 11.6. The number of hydrogen-bond acceptors (Lipinski definition) is 5. The minimum Gasteiger partial charge on any atom is -0.474 e. The SMILES string of the molecule is c1ccc(C2COC(c3cccc(C4=N[C@@H](c5ccccc5)CO4)n3)=N2)cc1. The van der Waals surface area contributed by atoms with E-state index in [-0.39, 0.29) is 12.1 Å². The quantitative estimate of drug-likeness (QED) is 0.695. The van der Waals surface area contributed by atoms with Crippen LogP contribution in [-0.4, -0.2) is 30.0 Å². The Hall–Kier alpha value is -3.47. The highest BCUT2D eigenvalue weighted by Gasteiger charge is 2.25. The van der Waals surface area contributed by atoms with Crippen LogP contribution in [0.3, 0.4) is 0 Å². The maximum absolute atomic E-state index is 5.82. The third-order valence-corrected chi connectivity index (χ3v) is 4.86.